The first kappa shape index (κ1) is 10.2. The molecule has 0 radical (unpaired) electrons. The van der Waals surface area contributed by atoms with Crippen molar-refractivity contribution in [2.45, 2.75) is 32.6 Å². The van der Waals surface area contributed by atoms with Gasteiger partial charge in [-0.2, -0.15) is 5.26 Å². The number of nitriles is 1. The summed E-state index contributed by atoms with van der Waals surface area (Å²) in [6, 6.07) is 7.21. The lowest BCUT2D eigenvalue weighted by Crippen LogP contribution is -2.30. The van der Waals surface area contributed by atoms with Crippen molar-refractivity contribution in [3.63, 3.8) is 0 Å². The third kappa shape index (κ3) is 1.87. The van der Waals surface area contributed by atoms with Crippen LogP contribution in [0.15, 0.2) is 18.2 Å². The van der Waals surface area contributed by atoms with Crippen molar-refractivity contribution in [1.29, 1.82) is 5.26 Å². The maximum absolute atomic E-state index is 13.1. The Labute approximate surface area is 89.5 Å². The SMILES string of the molecule is Cc1ccc(F)cc1CC1(C#N)CCC1. The zero-order valence-electron chi connectivity index (χ0n) is 8.89. The van der Waals surface area contributed by atoms with Gasteiger partial charge in [0, 0.05) is 0 Å². The molecule has 1 aliphatic carbocycles. The molecule has 1 aliphatic rings. The summed E-state index contributed by atoms with van der Waals surface area (Å²) in [5, 5.41) is 9.11. The summed E-state index contributed by atoms with van der Waals surface area (Å²) in [4.78, 5) is 0. The predicted octanol–water partition coefficient (Wildman–Crippen LogP) is 3.37. The van der Waals surface area contributed by atoms with Gasteiger partial charge in [-0.25, -0.2) is 4.39 Å². The van der Waals surface area contributed by atoms with Gasteiger partial charge in [0.2, 0.25) is 0 Å². The quantitative estimate of drug-likeness (QED) is 0.723. The average Bonchev–Trinajstić information content (AvgIpc) is 2.17. The Hall–Kier alpha value is -1.36. The Morgan fingerprint density at radius 2 is 2.20 bits per heavy atom. The molecule has 15 heavy (non-hydrogen) atoms. The average molecular weight is 203 g/mol. The van der Waals surface area contributed by atoms with Crippen LogP contribution in [0.3, 0.4) is 0 Å². The number of hydrogen-bond donors (Lipinski definition) is 0. The summed E-state index contributed by atoms with van der Waals surface area (Å²) in [5.41, 5.74) is 1.85. The highest BCUT2D eigenvalue weighted by molar-refractivity contribution is 5.29. The second-order valence-electron chi connectivity index (χ2n) is 4.49. The van der Waals surface area contributed by atoms with E-state index in [2.05, 4.69) is 6.07 Å². The molecule has 0 aliphatic heterocycles. The van der Waals surface area contributed by atoms with E-state index >= 15 is 0 Å². The first-order chi connectivity index (χ1) is 7.15. The number of halogens is 1. The van der Waals surface area contributed by atoms with Crippen molar-refractivity contribution in [2.24, 2.45) is 5.41 Å². The fourth-order valence-electron chi connectivity index (χ4n) is 2.13. The Morgan fingerprint density at radius 3 is 2.73 bits per heavy atom. The highest BCUT2D eigenvalue weighted by Gasteiger charge is 2.37. The second-order valence-corrected chi connectivity index (χ2v) is 4.49. The molecule has 1 aromatic carbocycles. The van der Waals surface area contributed by atoms with Crippen molar-refractivity contribution in [2.75, 3.05) is 0 Å². The molecule has 2 rings (SSSR count). The smallest absolute Gasteiger partial charge is 0.123 e. The molecule has 78 valence electrons. The van der Waals surface area contributed by atoms with Crippen molar-refractivity contribution >= 4 is 0 Å². The van der Waals surface area contributed by atoms with Gasteiger partial charge >= 0.3 is 0 Å². The molecule has 0 N–H and O–H groups in total. The molecular weight excluding hydrogens is 189 g/mol. The summed E-state index contributed by atoms with van der Waals surface area (Å²) in [6.07, 6.45) is 3.74. The number of benzene rings is 1. The van der Waals surface area contributed by atoms with Crippen molar-refractivity contribution in [3.05, 3.63) is 35.1 Å². The molecular formula is C13H14FN. The zero-order valence-corrected chi connectivity index (χ0v) is 8.89. The van der Waals surface area contributed by atoms with Gasteiger partial charge in [0.05, 0.1) is 11.5 Å². The van der Waals surface area contributed by atoms with E-state index < -0.39 is 0 Å². The molecule has 0 amide bonds. The van der Waals surface area contributed by atoms with Crippen molar-refractivity contribution in [1.82, 2.24) is 0 Å². The van der Waals surface area contributed by atoms with E-state index in [1.165, 1.54) is 6.07 Å². The van der Waals surface area contributed by atoms with Crippen LogP contribution in [-0.2, 0) is 6.42 Å². The molecule has 0 atom stereocenters. The highest BCUT2D eigenvalue weighted by atomic mass is 19.1. The van der Waals surface area contributed by atoms with E-state index in [9.17, 15) is 4.39 Å². The van der Waals surface area contributed by atoms with Crippen LogP contribution in [0.1, 0.15) is 30.4 Å². The van der Waals surface area contributed by atoms with Gasteiger partial charge in [0.1, 0.15) is 5.82 Å². The summed E-state index contributed by atoms with van der Waals surface area (Å²) < 4.78 is 13.1. The lowest BCUT2D eigenvalue weighted by atomic mass is 9.66. The fourth-order valence-corrected chi connectivity index (χ4v) is 2.13. The lowest BCUT2D eigenvalue weighted by molar-refractivity contribution is 0.213. The van der Waals surface area contributed by atoms with Gasteiger partial charge in [-0.1, -0.05) is 12.5 Å². The molecule has 2 heteroatoms. The molecule has 0 saturated heterocycles. The minimum atomic E-state index is -0.210. The molecule has 1 saturated carbocycles. The summed E-state index contributed by atoms with van der Waals surface area (Å²) >= 11 is 0. The largest absolute Gasteiger partial charge is 0.207 e. The van der Waals surface area contributed by atoms with E-state index in [0.717, 1.165) is 30.4 Å². The Balaban J connectivity index is 2.24. The van der Waals surface area contributed by atoms with Gasteiger partial charge in [-0.3, -0.25) is 0 Å². The lowest BCUT2D eigenvalue weighted by Gasteiger charge is -2.35. The highest BCUT2D eigenvalue weighted by Crippen LogP contribution is 2.43. The van der Waals surface area contributed by atoms with Crippen LogP contribution in [0.4, 0.5) is 4.39 Å². The van der Waals surface area contributed by atoms with E-state index in [1.54, 1.807) is 12.1 Å². The number of hydrogen-bond acceptors (Lipinski definition) is 1. The fraction of sp³-hybridized carbons (Fsp3) is 0.462. The maximum Gasteiger partial charge on any atom is 0.123 e. The van der Waals surface area contributed by atoms with Crippen LogP contribution >= 0.6 is 0 Å². The first-order valence-electron chi connectivity index (χ1n) is 5.31. The molecule has 0 spiro atoms. The van der Waals surface area contributed by atoms with Gasteiger partial charge in [-0.15, -0.1) is 0 Å². The standard InChI is InChI=1S/C13H14FN/c1-10-3-4-12(14)7-11(10)8-13(9-15)5-2-6-13/h3-4,7H,2,5-6,8H2,1H3. The van der Waals surface area contributed by atoms with E-state index in [4.69, 9.17) is 5.26 Å². The third-order valence-corrected chi connectivity index (χ3v) is 3.39. The number of rotatable bonds is 2. The van der Waals surface area contributed by atoms with Crippen molar-refractivity contribution in [3.8, 4) is 6.07 Å². The molecule has 0 bridgehead atoms. The normalized spacial score (nSPS) is 17.9. The second kappa shape index (κ2) is 3.66. The van der Waals surface area contributed by atoms with Gasteiger partial charge < -0.3 is 0 Å². The van der Waals surface area contributed by atoms with Gasteiger partial charge in [0.15, 0.2) is 0 Å². The molecule has 0 unspecified atom stereocenters. The van der Waals surface area contributed by atoms with Gasteiger partial charge in [0.25, 0.3) is 0 Å². The minimum Gasteiger partial charge on any atom is -0.207 e. The molecule has 1 aromatic rings. The summed E-state index contributed by atoms with van der Waals surface area (Å²) in [7, 11) is 0. The van der Waals surface area contributed by atoms with Crippen LogP contribution in [0.5, 0.6) is 0 Å². The van der Waals surface area contributed by atoms with E-state index in [0.29, 0.717) is 6.42 Å². The zero-order chi connectivity index (χ0) is 10.9. The van der Waals surface area contributed by atoms with E-state index in [-0.39, 0.29) is 11.2 Å². The van der Waals surface area contributed by atoms with Crippen LogP contribution in [0.25, 0.3) is 0 Å². The maximum atomic E-state index is 13.1. The Kier molecular flexibility index (Phi) is 2.48. The Morgan fingerprint density at radius 1 is 1.47 bits per heavy atom. The van der Waals surface area contributed by atoms with Crippen LogP contribution in [0, 0.1) is 29.5 Å². The van der Waals surface area contributed by atoms with Crippen molar-refractivity contribution < 1.29 is 4.39 Å². The summed E-state index contributed by atoms with van der Waals surface area (Å²) in [5.74, 6) is -0.206. The monoisotopic (exact) mass is 203 g/mol. The third-order valence-electron chi connectivity index (χ3n) is 3.39. The summed E-state index contributed by atoms with van der Waals surface area (Å²) in [6.45, 7) is 1.97. The molecule has 0 heterocycles. The molecule has 1 fully saturated rings. The molecule has 1 nitrogen and oxygen atoms in total. The number of nitrogens with zero attached hydrogens (tertiary/aromatic N) is 1. The molecule has 0 aromatic heterocycles. The Bertz CT molecular complexity index is 413. The van der Waals surface area contributed by atoms with Crippen LogP contribution < -0.4 is 0 Å². The van der Waals surface area contributed by atoms with Gasteiger partial charge in [-0.05, 0) is 49.4 Å². The van der Waals surface area contributed by atoms with Crippen LogP contribution in [-0.4, -0.2) is 0 Å². The predicted molar refractivity (Wildman–Crippen MR) is 56.7 cm³/mol. The van der Waals surface area contributed by atoms with Crippen LogP contribution in [0.2, 0.25) is 0 Å². The van der Waals surface area contributed by atoms with E-state index in [1.807, 2.05) is 6.92 Å². The topological polar surface area (TPSA) is 23.8 Å². The first-order valence-corrected chi connectivity index (χ1v) is 5.31. The number of aryl methyl sites for hydroxylation is 1. The minimum absolute atomic E-state index is 0.206.